The van der Waals surface area contributed by atoms with Crippen LogP contribution in [0.25, 0.3) is 0 Å². The molecular formula is C15H28N2S. The summed E-state index contributed by atoms with van der Waals surface area (Å²) in [5.41, 5.74) is 0.469. The van der Waals surface area contributed by atoms with Crippen LogP contribution in [0, 0.1) is 11.3 Å². The second-order valence-corrected chi connectivity index (χ2v) is 7.18. The van der Waals surface area contributed by atoms with Gasteiger partial charge in [0.25, 0.3) is 0 Å². The first kappa shape index (κ1) is 14.2. The smallest absolute Gasteiger partial charge is 0.156 e. The van der Waals surface area contributed by atoms with Gasteiger partial charge in [-0.1, -0.05) is 32.5 Å². The number of nitrogens with zero attached hydrogens (tertiary/aromatic N) is 1. The molecule has 1 heterocycles. The van der Waals surface area contributed by atoms with E-state index in [0.717, 1.165) is 12.5 Å². The number of aliphatic imine (C=N–C) groups is 1. The molecule has 104 valence electrons. The van der Waals surface area contributed by atoms with Crippen molar-refractivity contribution >= 4 is 16.9 Å². The van der Waals surface area contributed by atoms with Crippen LogP contribution in [0.4, 0.5) is 0 Å². The molecule has 1 fully saturated rings. The van der Waals surface area contributed by atoms with E-state index in [9.17, 15) is 0 Å². The van der Waals surface area contributed by atoms with Crippen molar-refractivity contribution in [2.75, 3.05) is 12.3 Å². The van der Waals surface area contributed by atoms with E-state index < -0.39 is 0 Å². The minimum absolute atomic E-state index is 0.469. The molecule has 2 rings (SSSR count). The lowest BCUT2D eigenvalue weighted by Gasteiger charge is -2.35. The van der Waals surface area contributed by atoms with E-state index in [1.165, 1.54) is 49.4 Å². The largest absolute Gasteiger partial charge is 0.362 e. The lowest BCUT2D eigenvalue weighted by atomic mass is 9.84. The van der Waals surface area contributed by atoms with Crippen molar-refractivity contribution in [3.63, 3.8) is 0 Å². The van der Waals surface area contributed by atoms with Gasteiger partial charge in [-0.25, -0.2) is 0 Å². The molecule has 1 saturated carbocycles. The molecule has 0 aromatic carbocycles. The van der Waals surface area contributed by atoms with Crippen LogP contribution in [0.2, 0.25) is 0 Å². The second kappa shape index (κ2) is 6.31. The summed E-state index contributed by atoms with van der Waals surface area (Å²) in [5, 5.41) is 4.89. The number of hydrogen-bond acceptors (Lipinski definition) is 3. The first-order chi connectivity index (χ1) is 8.67. The van der Waals surface area contributed by atoms with Gasteiger partial charge in [-0.05, 0) is 49.9 Å². The van der Waals surface area contributed by atoms with Crippen LogP contribution < -0.4 is 5.32 Å². The zero-order chi connectivity index (χ0) is 13.0. The molecule has 18 heavy (non-hydrogen) atoms. The Bertz CT molecular complexity index is 289. The summed E-state index contributed by atoms with van der Waals surface area (Å²) < 4.78 is 0. The van der Waals surface area contributed by atoms with Gasteiger partial charge in [0, 0.05) is 18.3 Å². The monoisotopic (exact) mass is 268 g/mol. The van der Waals surface area contributed by atoms with Gasteiger partial charge in [0.2, 0.25) is 0 Å². The molecular weight excluding hydrogens is 240 g/mol. The summed E-state index contributed by atoms with van der Waals surface area (Å²) in [5.74, 6) is 2.17. The lowest BCUT2D eigenvalue weighted by Crippen LogP contribution is -2.40. The molecule has 0 spiro atoms. The number of hydrogen-bond donors (Lipinski definition) is 1. The van der Waals surface area contributed by atoms with E-state index in [1.54, 1.807) is 0 Å². The molecule has 1 N–H and O–H groups in total. The highest BCUT2D eigenvalue weighted by Gasteiger charge is 2.30. The van der Waals surface area contributed by atoms with Crippen molar-refractivity contribution in [2.45, 2.75) is 65.3 Å². The fourth-order valence-electron chi connectivity index (χ4n) is 2.90. The Morgan fingerprint density at radius 1 is 1.22 bits per heavy atom. The highest BCUT2D eigenvalue weighted by Crippen LogP contribution is 2.35. The molecule has 0 radical (unpaired) electrons. The Balaban J connectivity index is 1.83. The van der Waals surface area contributed by atoms with Gasteiger partial charge in [0.15, 0.2) is 5.17 Å². The highest BCUT2D eigenvalue weighted by atomic mass is 32.2. The van der Waals surface area contributed by atoms with E-state index in [2.05, 4.69) is 26.1 Å². The van der Waals surface area contributed by atoms with Crippen LogP contribution in [-0.4, -0.2) is 23.5 Å². The topological polar surface area (TPSA) is 24.4 Å². The average Bonchev–Trinajstić information content (AvgIpc) is 2.43. The van der Waals surface area contributed by atoms with Gasteiger partial charge in [-0.3, -0.25) is 4.99 Å². The van der Waals surface area contributed by atoms with E-state index in [0.29, 0.717) is 11.5 Å². The molecule has 0 aromatic heterocycles. The van der Waals surface area contributed by atoms with E-state index in [1.807, 2.05) is 11.8 Å². The molecule has 2 nitrogen and oxygen atoms in total. The predicted molar refractivity (Wildman–Crippen MR) is 82.3 cm³/mol. The first-order valence-corrected chi connectivity index (χ1v) is 8.60. The van der Waals surface area contributed by atoms with Crippen molar-refractivity contribution in [2.24, 2.45) is 16.3 Å². The number of rotatable bonds is 3. The molecule has 0 bridgehead atoms. The maximum atomic E-state index is 4.81. The Labute approximate surface area is 116 Å². The predicted octanol–water partition coefficient (Wildman–Crippen LogP) is 4.06. The summed E-state index contributed by atoms with van der Waals surface area (Å²) in [7, 11) is 0. The Kier molecular flexibility index (Phi) is 4.99. The third-order valence-electron chi connectivity index (χ3n) is 4.92. The lowest BCUT2D eigenvalue weighted by molar-refractivity contribution is 0.314. The zero-order valence-corrected chi connectivity index (χ0v) is 13.0. The molecule has 0 atom stereocenters. The summed E-state index contributed by atoms with van der Waals surface area (Å²) in [6.45, 7) is 8.01. The van der Waals surface area contributed by atoms with Crippen molar-refractivity contribution < 1.29 is 0 Å². The molecule has 3 heteroatoms. The number of nitrogens with one attached hydrogen (secondary N) is 1. The van der Waals surface area contributed by atoms with Crippen molar-refractivity contribution in [3.8, 4) is 0 Å². The van der Waals surface area contributed by atoms with Gasteiger partial charge in [0.05, 0.1) is 0 Å². The standard InChI is InChI=1S/C15H28N2S/c1-4-15(5-2)10-16-14(18-11-15)17-13-8-6-12(3)7-9-13/h12-13H,4-11H2,1-3H3,(H,16,17). The maximum Gasteiger partial charge on any atom is 0.156 e. The summed E-state index contributed by atoms with van der Waals surface area (Å²) in [4.78, 5) is 4.81. The maximum absolute atomic E-state index is 4.81. The van der Waals surface area contributed by atoms with Crippen LogP contribution in [0.15, 0.2) is 4.99 Å². The van der Waals surface area contributed by atoms with E-state index in [4.69, 9.17) is 4.99 Å². The van der Waals surface area contributed by atoms with E-state index >= 15 is 0 Å². The van der Waals surface area contributed by atoms with Crippen LogP contribution >= 0.6 is 11.8 Å². The Morgan fingerprint density at radius 2 is 1.89 bits per heavy atom. The normalized spacial score (nSPS) is 31.8. The third kappa shape index (κ3) is 3.43. The van der Waals surface area contributed by atoms with Crippen LogP contribution in [0.3, 0.4) is 0 Å². The molecule has 1 aliphatic heterocycles. The van der Waals surface area contributed by atoms with Crippen molar-refractivity contribution in [3.05, 3.63) is 0 Å². The molecule has 1 aliphatic carbocycles. The average molecular weight is 268 g/mol. The van der Waals surface area contributed by atoms with Crippen LogP contribution in [0.5, 0.6) is 0 Å². The zero-order valence-electron chi connectivity index (χ0n) is 12.2. The SMILES string of the molecule is CCC1(CC)CN=C(NC2CCC(C)CC2)SC1. The van der Waals surface area contributed by atoms with Gasteiger partial charge in [-0.15, -0.1) is 0 Å². The van der Waals surface area contributed by atoms with Crippen molar-refractivity contribution in [1.29, 1.82) is 0 Å². The Hall–Kier alpha value is -0.180. The number of thioether (sulfide) groups is 1. The molecule has 0 unspecified atom stereocenters. The summed E-state index contributed by atoms with van der Waals surface area (Å²) in [6.07, 6.45) is 7.93. The molecule has 0 aromatic rings. The van der Waals surface area contributed by atoms with Gasteiger partial charge in [-0.2, -0.15) is 0 Å². The van der Waals surface area contributed by atoms with E-state index in [-0.39, 0.29) is 0 Å². The fraction of sp³-hybridized carbons (Fsp3) is 0.933. The molecule has 2 aliphatic rings. The Morgan fingerprint density at radius 3 is 2.39 bits per heavy atom. The third-order valence-corrected chi connectivity index (χ3v) is 6.19. The first-order valence-electron chi connectivity index (χ1n) is 7.61. The quantitative estimate of drug-likeness (QED) is 0.834. The fourth-order valence-corrected chi connectivity index (χ4v) is 4.24. The van der Waals surface area contributed by atoms with Gasteiger partial charge in [0.1, 0.15) is 0 Å². The van der Waals surface area contributed by atoms with Crippen LogP contribution in [-0.2, 0) is 0 Å². The number of amidine groups is 1. The molecule has 0 saturated heterocycles. The minimum atomic E-state index is 0.469. The highest BCUT2D eigenvalue weighted by molar-refractivity contribution is 8.13. The van der Waals surface area contributed by atoms with Crippen molar-refractivity contribution in [1.82, 2.24) is 5.32 Å². The minimum Gasteiger partial charge on any atom is -0.362 e. The molecule has 0 amide bonds. The van der Waals surface area contributed by atoms with Gasteiger partial charge < -0.3 is 5.32 Å². The summed E-state index contributed by atoms with van der Waals surface area (Å²) >= 11 is 1.95. The van der Waals surface area contributed by atoms with Crippen LogP contribution in [0.1, 0.15) is 59.3 Å². The summed E-state index contributed by atoms with van der Waals surface area (Å²) in [6, 6.07) is 0.684. The van der Waals surface area contributed by atoms with Gasteiger partial charge >= 0.3 is 0 Å². The second-order valence-electron chi connectivity index (χ2n) is 6.22.